The largest absolute Gasteiger partial charge is 0.324 e. The number of halogens is 3. The number of benzene rings is 1. The van der Waals surface area contributed by atoms with Gasteiger partial charge in [-0.2, -0.15) is 0 Å². The molecule has 1 N–H and O–H groups in total. The summed E-state index contributed by atoms with van der Waals surface area (Å²) in [5.74, 6) is -0.693. The maximum Gasteiger partial charge on any atom is 0.264 e. The molecule has 0 spiro atoms. The quantitative estimate of drug-likeness (QED) is 0.696. The van der Waals surface area contributed by atoms with Crippen LogP contribution < -0.4 is 4.72 Å². The van der Waals surface area contributed by atoms with Gasteiger partial charge in [-0.1, -0.05) is 23.2 Å². The van der Waals surface area contributed by atoms with E-state index in [1.54, 1.807) is 35.2 Å². The molecule has 0 radical (unpaired) electrons. The van der Waals surface area contributed by atoms with Crippen molar-refractivity contribution in [2.24, 2.45) is 0 Å². The lowest BCUT2D eigenvalue weighted by Gasteiger charge is -2.10. The normalized spacial score (nSPS) is 11.6. The lowest BCUT2D eigenvalue weighted by atomic mass is 10.2. The van der Waals surface area contributed by atoms with Crippen LogP contribution in [-0.4, -0.2) is 13.0 Å². The smallest absolute Gasteiger partial charge is 0.264 e. The van der Waals surface area contributed by atoms with Gasteiger partial charge in [-0.3, -0.25) is 4.72 Å². The van der Waals surface area contributed by atoms with Gasteiger partial charge in [-0.15, -0.1) is 11.3 Å². The zero-order valence-electron chi connectivity index (χ0n) is 11.3. The summed E-state index contributed by atoms with van der Waals surface area (Å²) >= 11 is 12.6. The summed E-state index contributed by atoms with van der Waals surface area (Å²) in [6.45, 7) is 0. The molecular weight excluding hydrogens is 382 g/mol. The molecule has 0 bridgehead atoms. The van der Waals surface area contributed by atoms with Gasteiger partial charge in [0.1, 0.15) is 15.0 Å². The molecule has 1 aromatic carbocycles. The van der Waals surface area contributed by atoms with Gasteiger partial charge in [0, 0.05) is 18.1 Å². The van der Waals surface area contributed by atoms with Gasteiger partial charge < -0.3 is 4.57 Å². The minimum absolute atomic E-state index is 0.0180. The van der Waals surface area contributed by atoms with Gasteiger partial charge in [-0.25, -0.2) is 12.8 Å². The van der Waals surface area contributed by atoms with E-state index in [1.807, 2.05) is 0 Å². The monoisotopic (exact) mass is 390 g/mol. The van der Waals surface area contributed by atoms with Gasteiger partial charge in [0.25, 0.3) is 10.0 Å². The van der Waals surface area contributed by atoms with Crippen LogP contribution in [-0.2, 0) is 10.0 Å². The van der Waals surface area contributed by atoms with Crippen LogP contribution in [0.4, 0.5) is 10.1 Å². The molecule has 0 aliphatic carbocycles. The van der Waals surface area contributed by atoms with Crippen LogP contribution in [0.5, 0.6) is 0 Å². The van der Waals surface area contributed by atoms with Crippen LogP contribution in [0.1, 0.15) is 0 Å². The Morgan fingerprint density at radius 2 is 1.83 bits per heavy atom. The number of rotatable bonds is 4. The van der Waals surface area contributed by atoms with Crippen molar-refractivity contribution in [2.45, 2.75) is 4.90 Å². The number of sulfonamides is 1. The van der Waals surface area contributed by atoms with Crippen molar-refractivity contribution in [3.8, 4) is 5.69 Å². The standard InChI is InChI=1S/C14H9Cl2FN2O2S2/c15-13-8-12(14(16)22-13)23(20,21)18-11-7-9(3-4-10(11)17)19-5-1-2-6-19/h1-8,18H. The van der Waals surface area contributed by atoms with E-state index in [4.69, 9.17) is 23.2 Å². The first-order chi connectivity index (χ1) is 10.9. The second kappa shape index (κ2) is 6.16. The van der Waals surface area contributed by atoms with E-state index in [1.165, 1.54) is 18.2 Å². The first kappa shape index (κ1) is 16.3. The summed E-state index contributed by atoms with van der Waals surface area (Å²) in [6, 6.07) is 8.97. The molecule has 0 atom stereocenters. The van der Waals surface area contributed by atoms with Crippen LogP contribution in [0.15, 0.2) is 53.7 Å². The van der Waals surface area contributed by atoms with Crippen molar-refractivity contribution in [3.63, 3.8) is 0 Å². The maximum absolute atomic E-state index is 14.0. The molecule has 23 heavy (non-hydrogen) atoms. The molecule has 9 heteroatoms. The van der Waals surface area contributed by atoms with Crippen molar-refractivity contribution in [2.75, 3.05) is 4.72 Å². The fourth-order valence-electron chi connectivity index (χ4n) is 1.97. The van der Waals surface area contributed by atoms with Crippen LogP contribution >= 0.6 is 34.5 Å². The first-order valence-corrected chi connectivity index (χ1v) is 9.33. The Bertz CT molecular complexity index is 953. The number of anilines is 1. The fraction of sp³-hybridized carbons (Fsp3) is 0. The lowest BCUT2D eigenvalue weighted by molar-refractivity contribution is 0.599. The molecule has 0 saturated heterocycles. The molecule has 4 nitrogen and oxygen atoms in total. The minimum Gasteiger partial charge on any atom is -0.324 e. The summed E-state index contributed by atoms with van der Waals surface area (Å²) in [5, 5.41) is 0. The maximum atomic E-state index is 14.0. The van der Waals surface area contributed by atoms with E-state index in [0.29, 0.717) is 5.69 Å². The van der Waals surface area contributed by atoms with E-state index in [-0.39, 0.29) is 19.3 Å². The second-order valence-corrected chi connectivity index (χ2v) is 8.48. The van der Waals surface area contributed by atoms with Gasteiger partial charge in [-0.05, 0) is 36.4 Å². The van der Waals surface area contributed by atoms with Crippen LogP contribution in [0.3, 0.4) is 0 Å². The highest BCUT2D eigenvalue weighted by Crippen LogP contribution is 2.35. The van der Waals surface area contributed by atoms with E-state index in [9.17, 15) is 12.8 Å². The van der Waals surface area contributed by atoms with Crippen LogP contribution in [0.25, 0.3) is 5.69 Å². The highest BCUT2D eigenvalue weighted by Gasteiger charge is 2.22. The van der Waals surface area contributed by atoms with Crippen molar-refractivity contribution in [1.29, 1.82) is 0 Å². The molecule has 3 rings (SSSR count). The minimum atomic E-state index is -4.04. The number of hydrogen-bond acceptors (Lipinski definition) is 3. The summed E-state index contributed by atoms with van der Waals surface area (Å²) < 4.78 is 42.9. The second-order valence-electron chi connectivity index (χ2n) is 4.55. The van der Waals surface area contributed by atoms with Crippen molar-refractivity contribution < 1.29 is 12.8 Å². The number of thiophene rings is 1. The molecule has 0 aliphatic rings. The van der Waals surface area contributed by atoms with E-state index in [0.717, 1.165) is 11.3 Å². The number of aromatic nitrogens is 1. The number of nitrogens with zero attached hydrogens (tertiary/aromatic N) is 1. The average Bonchev–Trinajstić information content (AvgIpc) is 3.11. The van der Waals surface area contributed by atoms with Crippen molar-refractivity contribution >= 4 is 50.2 Å². The van der Waals surface area contributed by atoms with Gasteiger partial charge in [0.05, 0.1) is 10.0 Å². The zero-order chi connectivity index (χ0) is 16.6. The fourth-order valence-corrected chi connectivity index (χ4v) is 5.18. The molecule has 3 aromatic rings. The molecule has 0 aliphatic heterocycles. The third kappa shape index (κ3) is 3.37. The molecule has 0 amide bonds. The number of nitrogens with one attached hydrogen (secondary N) is 1. The summed E-state index contributed by atoms with van der Waals surface area (Å²) in [4.78, 5) is -0.181. The average molecular weight is 391 g/mol. The van der Waals surface area contributed by atoms with E-state index < -0.39 is 15.8 Å². The molecular formula is C14H9Cl2FN2O2S2. The highest BCUT2D eigenvalue weighted by atomic mass is 35.5. The first-order valence-electron chi connectivity index (χ1n) is 6.27. The molecule has 2 heterocycles. The molecule has 0 saturated carbocycles. The van der Waals surface area contributed by atoms with Gasteiger partial charge >= 0.3 is 0 Å². The summed E-state index contributed by atoms with van der Waals surface area (Å²) in [7, 11) is -4.04. The molecule has 0 fully saturated rings. The number of hydrogen-bond donors (Lipinski definition) is 1. The Hall–Kier alpha value is -1.54. The molecule has 2 aromatic heterocycles. The van der Waals surface area contributed by atoms with Gasteiger partial charge in [0.15, 0.2) is 0 Å². The molecule has 120 valence electrons. The SMILES string of the molecule is O=S(=O)(Nc1cc(-n2cccc2)ccc1F)c1cc(Cl)sc1Cl. The lowest BCUT2D eigenvalue weighted by Crippen LogP contribution is -2.14. The highest BCUT2D eigenvalue weighted by molar-refractivity contribution is 7.93. The summed E-state index contributed by atoms with van der Waals surface area (Å²) in [6.07, 6.45) is 3.53. The summed E-state index contributed by atoms with van der Waals surface area (Å²) in [5.41, 5.74) is 0.443. The van der Waals surface area contributed by atoms with E-state index >= 15 is 0 Å². The predicted octanol–water partition coefficient (Wildman–Crippen LogP) is 4.79. The Morgan fingerprint density at radius 3 is 2.43 bits per heavy atom. The van der Waals surface area contributed by atoms with Crippen molar-refractivity contribution in [3.05, 3.63) is 63.3 Å². The Morgan fingerprint density at radius 1 is 1.13 bits per heavy atom. The topological polar surface area (TPSA) is 51.1 Å². The third-order valence-corrected chi connectivity index (χ3v) is 6.13. The molecule has 0 unspecified atom stereocenters. The van der Waals surface area contributed by atoms with Crippen LogP contribution in [0, 0.1) is 5.82 Å². The van der Waals surface area contributed by atoms with Crippen molar-refractivity contribution in [1.82, 2.24) is 4.57 Å². The van der Waals surface area contributed by atoms with Crippen LogP contribution in [0.2, 0.25) is 8.67 Å². The zero-order valence-corrected chi connectivity index (χ0v) is 14.5. The Labute approximate surface area is 146 Å². The van der Waals surface area contributed by atoms with Gasteiger partial charge in [0.2, 0.25) is 0 Å². The Balaban J connectivity index is 1.99. The predicted molar refractivity (Wildman–Crippen MR) is 90.9 cm³/mol. The van der Waals surface area contributed by atoms with E-state index in [2.05, 4.69) is 4.72 Å². The third-order valence-electron chi connectivity index (χ3n) is 3.01. The Kier molecular flexibility index (Phi) is 4.37.